The number of carbonyl (C=O) groups is 1. The third-order valence-electron chi connectivity index (χ3n) is 2.62. The summed E-state index contributed by atoms with van der Waals surface area (Å²) in [6.07, 6.45) is 0. The Labute approximate surface area is 117 Å². The van der Waals surface area contributed by atoms with Crippen LogP contribution in [0.2, 0.25) is 0 Å². The highest BCUT2D eigenvalue weighted by Crippen LogP contribution is 2.20. The Bertz CT molecular complexity index is 418. The number of hydrogen-bond donors (Lipinski definition) is 2. The number of benzene rings is 1. The molecule has 0 bridgehead atoms. The molecule has 1 rings (SSSR count). The third-order valence-corrected chi connectivity index (χ3v) is 3.51. The maximum atomic E-state index is 11.8. The Morgan fingerprint density at radius 3 is 2.56 bits per heavy atom. The molecule has 1 unspecified atom stereocenters. The summed E-state index contributed by atoms with van der Waals surface area (Å²) >= 11 is 3.46. The summed E-state index contributed by atoms with van der Waals surface area (Å²) in [6.45, 7) is 8.77. The van der Waals surface area contributed by atoms with Gasteiger partial charge in [0.25, 0.3) is 0 Å². The van der Waals surface area contributed by atoms with Crippen molar-refractivity contribution in [2.45, 2.75) is 33.7 Å². The van der Waals surface area contributed by atoms with Gasteiger partial charge in [-0.05, 0) is 43.5 Å². The van der Waals surface area contributed by atoms with Crippen LogP contribution in [0.4, 0.5) is 5.69 Å². The predicted molar refractivity (Wildman–Crippen MR) is 79.8 cm³/mol. The van der Waals surface area contributed by atoms with Gasteiger partial charge in [0.05, 0.1) is 0 Å². The molecule has 0 radical (unpaired) electrons. The highest BCUT2D eigenvalue weighted by atomic mass is 79.9. The van der Waals surface area contributed by atoms with Gasteiger partial charge in [-0.1, -0.05) is 29.8 Å². The largest absolute Gasteiger partial charge is 0.374 e. The molecule has 1 aromatic rings. The number of halogens is 1. The van der Waals surface area contributed by atoms with Gasteiger partial charge in [-0.15, -0.1) is 0 Å². The van der Waals surface area contributed by atoms with Crippen LogP contribution in [0.3, 0.4) is 0 Å². The van der Waals surface area contributed by atoms with Gasteiger partial charge in [-0.3, -0.25) is 4.79 Å². The topological polar surface area (TPSA) is 41.1 Å². The molecule has 0 aliphatic carbocycles. The second-order valence-electron chi connectivity index (χ2n) is 4.97. The summed E-state index contributed by atoms with van der Waals surface area (Å²) in [6, 6.07) is 5.74. The van der Waals surface area contributed by atoms with E-state index < -0.39 is 0 Å². The maximum Gasteiger partial charge on any atom is 0.242 e. The van der Waals surface area contributed by atoms with E-state index in [0.29, 0.717) is 12.5 Å². The molecule has 0 saturated carbocycles. The molecule has 1 amide bonds. The molecule has 0 aliphatic heterocycles. The number of anilines is 1. The van der Waals surface area contributed by atoms with Gasteiger partial charge in [0, 0.05) is 16.7 Å². The Morgan fingerprint density at radius 1 is 1.33 bits per heavy atom. The van der Waals surface area contributed by atoms with Crippen molar-refractivity contribution < 1.29 is 4.79 Å². The van der Waals surface area contributed by atoms with E-state index in [2.05, 4.69) is 40.4 Å². The number of rotatable bonds is 5. The van der Waals surface area contributed by atoms with Gasteiger partial charge in [0.1, 0.15) is 6.04 Å². The number of nitrogens with one attached hydrogen (secondary N) is 2. The minimum Gasteiger partial charge on any atom is -0.374 e. The van der Waals surface area contributed by atoms with Crippen LogP contribution in [0.25, 0.3) is 0 Å². The van der Waals surface area contributed by atoms with Crippen LogP contribution in [0.15, 0.2) is 22.7 Å². The van der Waals surface area contributed by atoms with E-state index in [1.54, 1.807) is 0 Å². The number of carbonyl (C=O) groups excluding carboxylic acids is 1. The molecule has 4 heteroatoms. The molecule has 1 atom stereocenters. The van der Waals surface area contributed by atoms with E-state index in [1.165, 1.54) is 0 Å². The molecule has 1 aromatic carbocycles. The SMILES string of the molecule is Cc1cc(NC(C)C(=O)NCC(C)C)ccc1Br. The summed E-state index contributed by atoms with van der Waals surface area (Å²) in [5.74, 6) is 0.500. The first-order chi connectivity index (χ1) is 8.40. The van der Waals surface area contributed by atoms with Gasteiger partial charge < -0.3 is 10.6 Å². The van der Waals surface area contributed by atoms with Crippen LogP contribution in [0, 0.1) is 12.8 Å². The van der Waals surface area contributed by atoms with Crippen molar-refractivity contribution in [3.8, 4) is 0 Å². The van der Waals surface area contributed by atoms with Crippen molar-refractivity contribution in [1.29, 1.82) is 0 Å². The average Bonchev–Trinajstić information content (AvgIpc) is 2.30. The fourth-order valence-electron chi connectivity index (χ4n) is 1.51. The van der Waals surface area contributed by atoms with Crippen LogP contribution >= 0.6 is 15.9 Å². The lowest BCUT2D eigenvalue weighted by Crippen LogP contribution is -2.39. The molecule has 0 fully saturated rings. The van der Waals surface area contributed by atoms with Crippen molar-refractivity contribution in [1.82, 2.24) is 5.32 Å². The molecule has 0 heterocycles. The Morgan fingerprint density at radius 2 is 2.00 bits per heavy atom. The van der Waals surface area contributed by atoms with Crippen molar-refractivity contribution >= 4 is 27.5 Å². The first kappa shape index (κ1) is 15.0. The Hall–Kier alpha value is -1.03. The summed E-state index contributed by atoms with van der Waals surface area (Å²) in [4.78, 5) is 11.8. The monoisotopic (exact) mass is 312 g/mol. The summed E-state index contributed by atoms with van der Waals surface area (Å²) < 4.78 is 1.07. The van der Waals surface area contributed by atoms with E-state index in [-0.39, 0.29) is 11.9 Å². The fourth-order valence-corrected chi connectivity index (χ4v) is 1.75. The lowest BCUT2D eigenvalue weighted by Gasteiger charge is -2.16. The third kappa shape index (κ3) is 4.69. The zero-order valence-electron chi connectivity index (χ0n) is 11.4. The highest BCUT2D eigenvalue weighted by molar-refractivity contribution is 9.10. The van der Waals surface area contributed by atoms with Crippen molar-refractivity contribution in [3.05, 3.63) is 28.2 Å². The zero-order chi connectivity index (χ0) is 13.7. The fraction of sp³-hybridized carbons (Fsp3) is 0.500. The van der Waals surface area contributed by atoms with E-state index in [0.717, 1.165) is 15.7 Å². The molecule has 18 heavy (non-hydrogen) atoms. The van der Waals surface area contributed by atoms with Crippen molar-refractivity contribution in [2.75, 3.05) is 11.9 Å². The molecule has 0 spiro atoms. The molecule has 0 aliphatic rings. The Kier molecular flexibility index (Phi) is 5.66. The first-order valence-corrected chi connectivity index (χ1v) is 7.00. The normalized spacial score (nSPS) is 12.3. The van der Waals surface area contributed by atoms with Crippen LogP contribution < -0.4 is 10.6 Å². The lowest BCUT2D eigenvalue weighted by atomic mass is 10.2. The maximum absolute atomic E-state index is 11.8. The van der Waals surface area contributed by atoms with Crippen LogP contribution in [-0.2, 0) is 4.79 Å². The number of aryl methyl sites for hydroxylation is 1. The average molecular weight is 313 g/mol. The molecule has 0 aromatic heterocycles. The van der Waals surface area contributed by atoms with Gasteiger partial charge in [-0.25, -0.2) is 0 Å². The summed E-state index contributed by atoms with van der Waals surface area (Å²) in [5.41, 5.74) is 2.11. The highest BCUT2D eigenvalue weighted by Gasteiger charge is 2.12. The van der Waals surface area contributed by atoms with Gasteiger partial charge in [0.2, 0.25) is 5.91 Å². The smallest absolute Gasteiger partial charge is 0.242 e. The zero-order valence-corrected chi connectivity index (χ0v) is 13.0. The number of amides is 1. The lowest BCUT2D eigenvalue weighted by molar-refractivity contribution is -0.121. The minimum atomic E-state index is -0.232. The van der Waals surface area contributed by atoms with E-state index in [4.69, 9.17) is 0 Å². The van der Waals surface area contributed by atoms with Crippen molar-refractivity contribution in [2.24, 2.45) is 5.92 Å². The van der Waals surface area contributed by atoms with Gasteiger partial charge in [-0.2, -0.15) is 0 Å². The van der Waals surface area contributed by atoms with Crippen LogP contribution in [0.1, 0.15) is 26.3 Å². The molecular formula is C14H21BrN2O. The van der Waals surface area contributed by atoms with E-state index in [9.17, 15) is 4.79 Å². The Balaban J connectivity index is 2.55. The predicted octanol–water partition coefficient (Wildman–Crippen LogP) is 3.33. The second kappa shape index (κ2) is 6.78. The minimum absolute atomic E-state index is 0.0317. The van der Waals surface area contributed by atoms with Crippen LogP contribution in [0.5, 0.6) is 0 Å². The molecule has 100 valence electrons. The van der Waals surface area contributed by atoms with Gasteiger partial charge in [0.15, 0.2) is 0 Å². The van der Waals surface area contributed by atoms with Crippen molar-refractivity contribution in [3.63, 3.8) is 0 Å². The molecule has 0 saturated heterocycles. The molecule has 2 N–H and O–H groups in total. The molecular weight excluding hydrogens is 292 g/mol. The van der Waals surface area contributed by atoms with E-state index >= 15 is 0 Å². The molecule has 3 nitrogen and oxygen atoms in total. The quantitative estimate of drug-likeness (QED) is 0.875. The van der Waals surface area contributed by atoms with Gasteiger partial charge >= 0.3 is 0 Å². The summed E-state index contributed by atoms with van der Waals surface area (Å²) in [5, 5.41) is 6.12. The number of hydrogen-bond acceptors (Lipinski definition) is 2. The summed E-state index contributed by atoms with van der Waals surface area (Å²) in [7, 11) is 0. The first-order valence-electron chi connectivity index (χ1n) is 6.20. The standard InChI is InChI=1S/C14H21BrN2O/c1-9(2)8-16-14(18)11(4)17-12-5-6-13(15)10(3)7-12/h5-7,9,11,17H,8H2,1-4H3,(H,16,18). The van der Waals surface area contributed by atoms with Crippen LogP contribution in [-0.4, -0.2) is 18.5 Å². The second-order valence-corrected chi connectivity index (χ2v) is 5.82. The van der Waals surface area contributed by atoms with E-state index in [1.807, 2.05) is 32.0 Å².